The third kappa shape index (κ3) is 8.78. The van der Waals surface area contributed by atoms with E-state index >= 15 is 0 Å². The second-order valence-corrected chi connectivity index (χ2v) is 39.4. The van der Waals surface area contributed by atoms with Crippen LogP contribution in [0, 0.1) is 0 Å². The molecule has 0 amide bonds. The van der Waals surface area contributed by atoms with Gasteiger partial charge in [0.2, 0.25) is 0 Å². The summed E-state index contributed by atoms with van der Waals surface area (Å²) in [6, 6.07) is 0. The monoisotopic (exact) mass is 704 g/mol. The first-order valence-corrected chi connectivity index (χ1v) is 28.0. The predicted molar refractivity (Wildman–Crippen MR) is 187 cm³/mol. The average molecular weight is 705 g/mol. The zero-order valence-electron chi connectivity index (χ0n) is 28.7. The Labute approximate surface area is 261 Å². The van der Waals surface area contributed by atoms with Crippen LogP contribution >= 0.6 is 0 Å². The van der Waals surface area contributed by atoms with E-state index in [4.69, 9.17) is 32.9 Å². The fourth-order valence-electron chi connectivity index (χ4n) is 6.08. The lowest BCUT2D eigenvalue weighted by molar-refractivity contribution is 0.214. The van der Waals surface area contributed by atoms with Crippen LogP contribution in [0.3, 0.4) is 0 Å². The Kier molecular flexibility index (Phi) is 16.4. The van der Waals surface area contributed by atoms with Gasteiger partial charge in [0, 0.05) is 0 Å². The summed E-state index contributed by atoms with van der Waals surface area (Å²) in [5, 5.41) is 0. The fourth-order valence-corrected chi connectivity index (χ4v) is 44.2. The molecule has 40 heavy (non-hydrogen) atoms. The molecule has 1 aliphatic rings. The summed E-state index contributed by atoms with van der Waals surface area (Å²) in [6.45, 7) is 36.4. The molecule has 0 spiro atoms. The standard InChI is InChI=1S/C24H64O8Si8/c1-17(2)37(18(3)4)28-35-26-33-25-34-27-36-29-38(19(5)6,20(7)8)31-40(23(13)14,24(15)16)32-39(30-37,21(9)10)22(11)12/h17-24H,33-36H2,1-16H3. The maximum absolute atomic E-state index is 7.87. The van der Waals surface area contributed by atoms with E-state index in [2.05, 4.69) is 111 Å². The quantitative estimate of drug-likeness (QED) is 0.321. The van der Waals surface area contributed by atoms with Crippen molar-refractivity contribution in [2.75, 3.05) is 0 Å². The zero-order chi connectivity index (χ0) is 31.1. The molecule has 240 valence electrons. The second kappa shape index (κ2) is 16.6. The molecule has 0 radical (unpaired) electrons. The molecule has 0 unspecified atom stereocenters. The first kappa shape index (κ1) is 39.4. The van der Waals surface area contributed by atoms with E-state index in [-0.39, 0.29) is 44.3 Å². The van der Waals surface area contributed by atoms with E-state index < -0.39 is 74.3 Å². The maximum Gasteiger partial charge on any atom is 0.325 e. The highest BCUT2D eigenvalue weighted by Crippen LogP contribution is 2.50. The molecule has 8 nitrogen and oxygen atoms in total. The molecule has 0 N–H and O–H groups in total. The lowest BCUT2D eigenvalue weighted by Crippen LogP contribution is -2.69. The first-order chi connectivity index (χ1) is 18.4. The minimum atomic E-state index is -2.95. The lowest BCUT2D eigenvalue weighted by Gasteiger charge is -2.55. The molecule has 0 aliphatic carbocycles. The third-order valence-corrected chi connectivity index (χ3v) is 37.5. The van der Waals surface area contributed by atoms with Gasteiger partial charge in [0.1, 0.15) is 0 Å². The van der Waals surface area contributed by atoms with Crippen molar-refractivity contribution in [1.29, 1.82) is 0 Å². The number of hydrogen-bond donors (Lipinski definition) is 0. The maximum atomic E-state index is 7.87. The van der Waals surface area contributed by atoms with E-state index in [0.717, 1.165) is 0 Å². The van der Waals surface area contributed by atoms with Crippen LogP contribution in [-0.4, -0.2) is 74.3 Å². The zero-order valence-corrected chi connectivity index (χ0v) is 38.4. The van der Waals surface area contributed by atoms with Crippen LogP contribution in [-0.2, 0) is 32.9 Å². The molecule has 1 aliphatic heterocycles. The van der Waals surface area contributed by atoms with Crippen LogP contribution in [0.25, 0.3) is 0 Å². The van der Waals surface area contributed by atoms with Crippen LogP contribution in [0.4, 0.5) is 0 Å². The summed E-state index contributed by atoms with van der Waals surface area (Å²) in [5.74, 6) is 0. The van der Waals surface area contributed by atoms with E-state index in [9.17, 15) is 0 Å². The number of rotatable bonds is 8. The van der Waals surface area contributed by atoms with E-state index in [1.807, 2.05) is 0 Å². The highest BCUT2D eigenvalue weighted by Gasteiger charge is 2.63. The topological polar surface area (TPSA) is 73.8 Å². The van der Waals surface area contributed by atoms with Crippen molar-refractivity contribution in [2.45, 2.75) is 155 Å². The summed E-state index contributed by atoms with van der Waals surface area (Å²) in [4.78, 5) is 0. The van der Waals surface area contributed by atoms with Gasteiger partial charge in [0.25, 0.3) is 40.0 Å². The minimum Gasteiger partial charge on any atom is -0.425 e. The summed E-state index contributed by atoms with van der Waals surface area (Å²) in [5.41, 5.74) is 1.86. The molecule has 16 heteroatoms. The molecule has 1 saturated heterocycles. The Bertz CT molecular complexity index is 650. The van der Waals surface area contributed by atoms with Crippen molar-refractivity contribution in [3.8, 4) is 0 Å². The highest BCUT2D eigenvalue weighted by molar-refractivity contribution is 6.93. The molecule has 1 fully saturated rings. The van der Waals surface area contributed by atoms with Gasteiger partial charge in [-0.05, 0) is 44.3 Å². The lowest BCUT2D eigenvalue weighted by atomic mass is 10.5. The van der Waals surface area contributed by atoms with Gasteiger partial charge in [-0.1, -0.05) is 111 Å². The van der Waals surface area contributed by atoms with Crippen molar-refractivity contribution in [3.63, 3.8) is 0 Å². The molecule has 0 aromatic heterocycles. The van der Waals surface area contributed by atoms with Crippen molar-refractivity contribution in [3.05, 3.63) is 0 Å². The minimum absolute atomic E-state index is 0.214. The van der Waals surface area contributed by atoms with Crippen LogP contribution in [0.15, 0.2) is 0 Å². The highest BCUT2D eigenvalue weighted by atomic mass is 28.5. The summed E-state index contributed by atoms with van der Waals surface area (Å²) in [6.07, 6.45) is 0. The van der Waals surface area contributed by atoms with Gasteiger partial charge in [0.05, 0.1) is 0 Å². The van der Waals surface area contributed by atoms with Crippen LogP contribution < -0.4 is 0 Å². The SMILES string of the molecule is CC(C)[Si]1(C(C)C)O[SiH2]O[SiH2]O[SiH2]O[SiH2]O[Si](C(C)C)(C(C)C)O[Si](C(C)C)(C(C)C)O[Si](C(C)C)(C(C)C)O1. The second-order valence-electron chi connectivity index (χ2n) is 13.8. The van der Waals surface area contributed by atoms with Crippen LogP contribution in [0.2, 0.25) is 44.3 Å². The van der Waals surface area contributed by atoms with Gasteiger partial charge in [-0.25, -0.2) is 0 Å². The molecule has 0 atom stereocenters. The van der Waals surface area contributed by atoms with Crippen LogP contribution in [0.1, 0.15) is 111 Å². The Morgan fingerprint density at radius 3 is 0.725 bits per heavy atom. The molecule has 1 rings (SSSR count). The van der Waals surface area contributed by atoms with E-state index in [1.54, 1.807) is 0 Å². The molecule has 1 heterocycles. The summed E-state index contributed by atoms with van der Waals surface area (Å²) < 4.78 is 55.2. The fraction of sp³-hybridized carbons (Fsp3) is 1.00. The Hall–Kier alpha value is 1.42. The first-order valence-electron chi connectivity index (χ1n) is 15.5. The van der Waals surface area contributed by atoms with E-state index in [1.165, 1.54) is 0 Å². The Morgan fingerprint density at radius 1 is 0.300 bits per heavy atom. The summed E-state index contributed by atoms with van der Waals surface area (Å²) >= 11 is 0. The average Bonchev–Trinajstić information content (AvgIpc) is 2.82. The van der Waals surface area contributed by atoms with Gasteiger partial charge in [0.15, 0.2) is 0 Å². The molecule has 0 aromatic rings. The van der Waals surface area contributed by atoms with Gasteiger partial charge < -0.3 is 32.9 Å². The Morgan fingerprint density at radius 2 is 0.500 bits per heavy atom. The normalized spacial score (nSPS) is 25.8. The van der Waals surface area contributed by atoms with Crippen molar-refractivity contribution >= 4 is 74.3 Å². The van der Waals surface area contributed by atoms with Crippen molar-refractivity contribution in [1.82, 2.24) is 0 Å². The third-order valence-electron chi connectivity index (χ3n) is 8.46. The van der Waals surface area contributed by atoms with Gasteiger partial charge in [-0.15, -0.1) is 0 Å². The molecular formula is C24H64O8Si8. The van der Waals surface area contributed by atoms with Crippen molar-refractivity contribution in [2.24, 2.45) is 0 Å². The summed E-state index contributed by atoms with van der Waals surface area (Å²) in [7, 11) is -16.2. The van der Waals surface area contributed by atoms with Crippen molar-refractivity contribution < 1.29 is 32.9 Å². The Balaban J connectivity index is 4.03. The molecular weight excluding hydrogens is 641 g/mol. The van der Waals surface area contributed by atoms with Gasteiger partial charge in [-0.3, -0.25) is 0 Å². The predicted octanol–water partition coefficient (Wildman–Crippen LogP) is 5.18. The number of hydrogen-bond acceptors (Lipinski definition) is 8. The van der Waals surface area contributed by atoms with E-state index in [0.29, 0.717) is 0 Å². The molecule has 0 saturated carbocycles. The smallest absolute Gasteiger partial charge is 0.325 e. The molecule has 0 bridgehead atoms. The largest absolute Gasteiger partial charge is 0.425 e. The molecule has 0 aromatic carbocycles. The van der Waals surface area contributed by atoms with Gasteiger partial charge in [-0.2, -0.15) is 0 Å². The van der Waals surface area contributed by atoms with Gasteiger partial charge >= 0.3 is 34.2 Å². The van der Waals surface area contributed by atoms with Crippen LogP contribution in [0.5, 0.6) is 0 Å².